The third-order valence-corrected chi connectivity index (χ3v) is 4.66. The Kier molecular flexibility index (Phi) is 4.13. The number of fused-ring (bicyclic) bond motifs is 1. The molecule has 25 heavy (non-hydrogen) atoms. The van der Waals surface area contributed by atoms with Crippen molar-refractivity contribution in [2.75, 3.05) is 0 Å². The third-order valence-electron chi connectivity index (χ3n) is 4.66. The van der Waals surface area contributed by atoms with Gasteiger partial charge in [-0.2, -0.15) is 0 Å². The molecular weight excluding hydrogens is 316 g/mol. The average Bonchev–Trinajstić information content (AvgIpc) is 3.03. The average molecular weight is 342 g/mol. The molecule has 0 unspecified atom stereocenters. The Bertz CT molecular complexity index is 887. The van der Waals surface area contributed by atoms with Crippen molar-refractivity contribution < 1.29 is 9.53 Å². The zero-order valence-electron chi connectivity index (χ0n) is 15.9. The maximum Gasteiger partial charge on any atom is 0.317 e. The van der Waals surface area contributed by atoms with Crippen LogP contribution in [0.1, 0.15) is 43.9 Å². The van der Waals surface area contributed by atoms with Gasteiger partial charge in [-0.15, -0.1) is 0 Å². The Morgan fingerprint density at radius 1 is 1.00 bits per heavy atom. The molecular formula is C20H26N2O3. The molecule has 1 aromatic heterocycles. The molecule has 5 nitrogen and oxygen atoms in total. The van der Waals surface area contributed by atoms with Crippen LogP contribution < -0.4 is 10.3 Å². The second-order valence-corrected chi connectivity index (χ2v) is 8.00. The molecule has 0 saturated carbocycles. The number of nitrogens with zero attached hydrogens (tertiary/aromatic N) is 2. The molecule has 5 heteroatoms. The summed E-state index contributed by atoms with van der Waals surface area (Å²) >= 11 is 0. The summed E-state index contributed by atoms with van der Waals surface area (Å²) in [4.78, 5) is 25.6. The second kappa shape index (κ2) is 5.90. The highest BCUT2D eigenvalue weighted by Gasteiger charge is 2.32. The predicted molar refractivity (Wildman–Crippen MR) is 98.0 cm³/mol. The minimum absolute atomic E-state index is 0.0794. The molecule has 0 aliphatic carbocycles. The number of rotatable bonds is 2. The van der Waals surface area contributed by atoms with Gasteiger partial charge in [0.2, 0.25) is 5.88 Å². The number of carbonyl (C=O) groups excluding carboxylic acids is 1. The molecule has 0 atom stereocenters. The zero-order valence-corrected chi connectivity index (χ0v) is 15.9. The number of hydrogen-bond acceptors (Lipinski definition) is 3. The topological polar surface area (TPSA) is 53.2 Å². The highest BCUT2D eigenvalue weighted by atomic mass is 16.5. The van der Waals surface area contributed by atoms with E-state index in [-0.39, 0.29) is 11.5 Å². The van der Waals surface area contributed by atoms with Gasteiger partial charge in [-0.25, -0.2) is 4.68 Å². The number of aryl methyl sites for hydroxylation is 3. The first-order chi connectivity index (χ1) is 11.6. The van der Waals surface area contributed by atoms with E-state index < -0.39 is 5.41 Å². The molecule has 1 aliphatic heterocycles. The van der Waals surface area contributed by atoms with E-state index in [0.29, 0.717) is 24.5 Å². The van der Waals surface area contributed by atoms with Crippen LogP contribution in [0.2, 0.25) is 0 Å². The first-order valence-corrected chi connectivity index (χ1v) is 8.75. The predicted octanol–water partition coefficient (Wildman–Crippen LogP) is 3.60. The fraction of sp³-hybridized carbons (Fsp3) is 0.500. The number of hydrogen-bond donors (Lipinski definition) is 0. The minimum atomic E-state index is -0.633. The fourth-order valence-electron chi connectivity index (χ4n) is 3.52. The monoisotopic (exact) mass is 342 g/mol. The summed E-state index contributed by atoms with van der Waals surface area (Å²) < 4.78 is 9.28. The maximum atomic E-state index is 13.1. The molecule has 3 rings (SSSR count). The summed E-state index contributed by atoms with van der Waals surface area (Å²) in [5.41, 5.74) is 3.86. The molecule has 1 aliphatic rings. The molecule has 0 amide bonds. The largest absolute Gasteiger partial charge is 0.407 e. The van der Waals surface area contributed by atoms with E-state index in [1.165, 1.54) is 0 Å². The van der Waals surface area contributed by atoms with E-state index >= 15 is 0 Å². The van der Waals surface area contributed by atoms with Gasteiger partial charge in [0.05, 0.1) is 5.41 Å². The third kappa shape index (κ3) is 2.92. The van der Waals surface area contributed by atoms with Gasteiger partial charge in [0.15, 0.2) is 0 Å². The number of carbonyl (C=O) groups is 1. The van der Waals surface area contributed by atoms with Crippen LogP contribution in [0.5, 0.6) is 5.88 Å². The van der Waals surface area contributed by atoms with Crippen molar-refractivity contribution in [2.45, 2.75) is 61.1 Å². The van der Waals surface area contributed by atoms with Crippen molar-refractivity contribution >= 4 is 5.97 Å². The van der Waals surface area contributed by atoms with Crippen LogP contribution >= 0.6 is 0 Å². The lowest BCUT2D eigenvalue weighted by Crippen LogP contribution is -2.27. The Morgan fingerprint density at radius 3 is 2.12 bits per heavy atom. The summed E-state index contributed by atoms with van der Waals surface area (Å²) in [7, 11) is 0. The summed E-state index contributed by atoms with van der Waals surface area (Å²) in [5, 5.41) is 0. The normalized spacial score (nSPS) is 13.8. The van der Waals surface area contributed by atoms with Crippen molar-refractivity contribution in [1.29, 1.82) is 0 Å². The molecule has 0 N–H and O–H groups in total. The molecule has 0 radical (unpaired) electrons. The van der Waals surface area contributed by atoms with Crippen LogP contribution in [0.25, 0.3) is 11.1 Å². The van der Waals surface area contributed by atoms with Crippen molar-refractivity contribution in [3.8, 4) is 17.0 Å². The number of aromatic nitrogens is 2. The van der Waals surface area contributed by atoms with E-state index in [9.17, 15) is 9.59 Å². The van der Waals surface area contributed by atoms with Crippen LogP contribution in [0.4, 0.5) is 0 Å². The number of esters is 1. The van der Waals surface area contributed by atoms with Crippen LogP contribution in [0.3, 0.4) is 0 Å². The van der Waals surface area contributed by atoms with Gasteiger partial charge >= 0.3 is 5.97 Å². The lowest BCUT2D eigenvalue weighted by molar-refractivity contribution is -0.143. The molecule has 0 fully saturated rings. The Hall–Kier alpha value is -2.30. The highest BCUT2D eigenvalue weighted by Crippen LogP contribution is 2.36. The van der Waals surface area contributed by atoms with Crippen molar-refractivity contribution in [1.82, 2.24) is 9.36 Å². The van der Waals surface area contributed by atoms with Gasteiger partial charge in [0.25, 0.3) is 5.56 Å². The van der Waals surface area contributed by atoms with Gasteiger partial charge < -0.3 is 4.74 Å². The Labute approximate surface area is 148 Å². The summed E-state index contributed by atoms with van der Waals surface area (Å²) in [5.74, 6) is 0.0569. The van der Waals surface area contributed by atoms with Gasteiger partial charge in [-0.05, 0) is 64.7 Å². The van der Waals surface area contributed by atoms with Crippen molar-refractivity contribution in [3.63, 3.8) is 0 Å². The van der Waals surface area contributed by atoms with Crippen LogP contribution in [-0.4, -0.2) is 15.3 Å². The van der Waals surface area contributed by atoms with Gasteiger partial charge in [0.1, 0.15) is 5.56 Å². The lowest BCUT2D eigenvalue weighted by atomic mass is 9.95. The standard InChI is InChI=1S/C20H26N2O3/c1-12-10-13(2)15(14(3)11-12)16-17(23)21-8-7-9-22(21)18(16)25-19(24)20(4,5)6/h10-11H,7-9H2,1-6H3. The first kappa shape index (κ1) is 17.5. The molecule has 0 saturated heterocycles. The highest BCUT2D eigenvalue weighted by molar-refractivity contribution is 5.82. The molecule has 134 valence electrons. The molecule has 2 heterocycles. The van der Waals surface area contributed by atoms with E-state index in [2.05, 4.69) is 12.1 Å². The van der Waals surface area contributed by atoms with Crippen LogP contribution in [-0.2, 0) is 17.9 Å². The van der Waals surface area contributed by atoms with Crippen molar-refractivity contribution in [2.24, 2.45) is 5.41 Å². The van der Waals surface area contributed by atoms with Gasteiger partial charge in [-0.3, -0.25) is 14.3 Å². The van der Waals surface area contributed by atoms with Gasteiger partial charge in [-0.1, -0.05) is 17.7 Å². The molecule has 0 spiro atoms. The van der Waals surface area contributed by atoms with E-state index in [0.717, 1.165) is 28.7 Å². The first-order valence-electron chi connectivity index (χ1n) is 8.75. The Morgan fingerprint density at radius 2 is 1.56 bits per heavy atom. The molecule has 2 aromatic rings. The molecule has 0 bridgehead atoms. The zero-order chi connectivity index (χ0) is 18.5. The maximum absolute atomic E-state index is 13.1. The van der Waals surface area contributed by atoms with E-state index in [1.807, 2.05) is 46.2 Å². The lowest BCUT2D eigenvalue weighted by Gasteiger charge is -2.18. The summed E-state index contributed by atoms with van der Waals surface area (Å²) in [6.45, 7) is 12.8. The second-order valence-electron chi connectivity index (χ2n) is 8.00. The van der Waals surface area contributed by atoms with Gasteiger partial charge in [0, 0.05) is 13.1 Å². The number of ether oxygens (including phenoxy) is 1. The smallest absolute Gasteiger partial charge is 0.317 e. The van der Waals surface area contributed by atoms with Crippen LogP contribution in [0, 0.1) is 26.2 Å². The van der Waals surface area contributed by atoms with E-state index in [1.54, 1.807) is 4.68 Å². The summed E-state index contributed by atoms with van der Waals surface area (Å²) in [6.07, 6.45) is 0.876. The number of benzene rings is 1. The summed E-state index contributed by atoms with van der Waals surface area (Å²) in [6, 6.07) is 4.12. The SMILES string of the molecule is Cc1cc(C)c(-c2c(OC(=O)C(C)(C)C)n3n(c2=O)CCC3)c(C)c1. The Balaban J connectivity index is 2.25. The van der Waals surface area contributed by atoms with E-state index in [4.69, 9.17) is 4.74 Å². The van der Waals surface area contributed by atoms with Crippen LogP contribution in [0.15, 0.2) is 16.9 Å². The quantitative estimate of drug-likeness (QED) is 0.784. The molecule has 1 aromatic carbocycles. The van der Waals surface area contributed by atoms with Crippen molar-refractivity contribution in [3.05, 3.63) is 39.2 Å². The minimum Gasteiger partial charge on any atom is -0.407 e. The fourth-order valence-corrected chi connectivity index (χ4v) is 3.52.